The molecule has 1 atom stereocenters. The second kappa shape index (κ2) is 7.00. The highest BCUT2D eigenvalue weighted by Gasteiger charge is 2.24. The maximum Gasteiger partial charge on any atom is 0.173 e. The number of hydrogen-bond acceptors (Lipinski definition) is 1. The van der Waals surface area contributed by atoms with Crippen LogP contribution in [-0.4, -0.2) is 18.5 Å². The van der Waals surface area contributed by atoms with E-state index in [0.29, 0.717) is 6.04 Å². The third-order valence-corrected chi connectivity index (χ3v) is 3.99. The van der Waals surface area contributed by atoms with Gasteiger partial charge in [-0.05, 0) is 32.5 Å². The van der Waals surface area contributed by atoms with Gasteiger partial charge in [-0.2, -0.15) is 0 Å². The number of likely N-dealkylation sites (tertiary alicyclic amines) is 1. The van der Waals surface area contributed by atoms with E-state index < -0.39 is 0 Å². The quantitative estimate of drug-likeness (QED) is 0.706. The summed E-state index contributed by atoms with van der Waals surface area (Å²) in [5, 5.41) is 0. The molecule has 0 unspecified atom stereocenters. The second-order valence-electron chi connectivity index (χ2n) is 5.43. The first-order valence-corrected chi connectivity index (χ1v) is 7.06. The fourth-order valence-electron chi connectivity index (χ4n) is 2.96. The van der Waals surface area contributed by atoms with Crippen LogP contribution in [0.4, 0.5) is 0 Å². The minimum absolute atomic E-state index is 0. The Morgan fingerprint density at radius 3 is 2.65 bits per heavy atom. The summed E-state index contributed by atoms with van der Waals surface area (Å²) >= 11 is 0. The predicted molar refractivity (Wildman–Crippen MR) is 76.8 cm³/mol. The molecule has 2 nitrogen and oxygen atoms in total. The van der Waals surface area contributed by atoms with Crippen LogP contribution in [-0.2, 0) is 6.54 Å². The van der Waals surface area contributed by atoms with Crippen molar-refractivity contribution in [2.24, 2.45) is 0 Å². The Hall–Kier alpha value is -1.19. The molecule has 1 aromatic heterocycles. The molecule has 0 saturated carbocycles. The smallest absolute Gasteiger partial charge is 0.173 e. The lowest BCUT2D eigenvalue weighted by Crippen LogP contribution is -3.00. The summed E-state index contributed by atoms with van der Waals surface area (Å²) in [5.74, 6) is 0. The van der Waals surface area contributed by atoms with Gasteiger partial charge in [0.1, 0.15) is 0 Å². The van der Waals surface area contributed by atoms with Gasteiger partial charge in [-0.25, -0.2) is 4.57 Å². The molecule has 1 aromatic carbocycles. The third-order valence-electron chi connectivity index (χ3n) is 3.99. The topological polar surface area (TPSA) is 7.12 Å². The molecule has 2 heterocycles. The van der Waals surface area contributed by atoms with Crippen LogP contribution < -0.4 is 21.5 Å². The lowest BCUT2D eigenvalue weighted by Gasteiger charge is -2.18. The largest absolute Gasteiger partial charge is 1.00 e. The van der Waals surface area contributed by atoms with Crippen molar-refractivity contribution in [1.82, 2.24) is 4.90 Å². The molecule has 2 aromatic rings. The van der Waals surface area contributed by atoms with Crippen molar-refractivity contribution in [3.05, 3.63) is 66.0 Å². The summed E-state index contributed by atoms with van der Waals surface area (Å²) in [7, 11) is 2.23. The van der Waals surface area contributed by atoms with E-state index in [2.05, 4.69) is 71.4 Å². The van der Waals surface area contributed by atoms with Gasteiger partial charge in [0.2, 0.25) is 0 Å². The van der Waals surface area contributed by atoms with Gasteiger partial charge in [-0.1, -0.05) is 30.3 Å². The van der Waals surface area contributed by atoms with Gasteiger partial charge < -0.3 is 17.0 Å². The zero-order chi connectivity index (χ0) is 13.1. The highest BCUT2D eigenvalue weighted by atomic mass is 79.9. The Morgan fingerprint density at radius 2 is 1.95 bits per heavy atom. The first-order valence-electron chi connectivity index (χ1n) is 7.06. The number of benzene rings is 1. The Bertz CT molecular complexity index is 542. The van der Waals surface area contributed by atoms with Crippen LogP contribution >= 0.6 is 0 Å². The minimum atomic E-state index is 0. The minimum Gasteiger partial charge on any atom is -1.00 e. The maximum absolute atomic E-state index is 2.46. The molecule has 0 bridgehead atoms. The highest BCUT2D eigenvalue weighted by Crippen LogP contribution is 2.29. The van der Waals surface area contributed by atoms with E-state index in [-0.39, 0.29) is 17.0 Å². The Morgan fingerprint density at radius 1 is 1.15 bits per heavy atom. The standard InChI is InChI=1S/C17H21N2.BrH/c1-18-11-6-10-17(18)16-9-5-12-19(14-16)13-15-7-3-2-4-8-15;/h2-5,7-9,12,14,17H,6,10-11,13H2,1H3;1H/q+1;/p-1/t17-;/m0./s1. The molecule has 1 aliphatic heterocycles. The Labute approximate surface area is 131 Å². The van der Waals surface area contributed by atoms with Gasteiger partial charge in [0.05, 0.1) is 0 Å². The molecule has 3 rings (SSSR count). The Kier molecular flexibility index (Phi) is 5.32. The molecule has 0 amide bonds. The zero-order valence-electron chi connectivity index (χ0n) is 11.9. The molecule has 1 saturated heterocycles. The van der Waals surface area contributed by atoms with Crippen LogP contribution in [0.15, 0.2) is 54.9 Å². The maximum atomic E-state index is 2.46. The fourth-order valence-corrected chi connectivity index (χ4v) is 2.96. The average molecular weight is 333 g/mol. The van der Waals surface area contributed by atoms with Crippen molar-refractivity contribution in [2.75, 3.05) is 13.6 Å². The van der Waals surface area contributed by atoms with Crippen LogP contribution in [0.1, 0.15) is 30.0 Å². The van der Waals surface area contributed by atoms with E-state index in [1.54, 1.807) is 0 Å². The summed E-state index contributed by atoms with van der Waals surface area (Å²) in [6.45, 7) is 2.17. The first-order chi connectivity index (χ1) is 9.33. The van der Waals surface area contributed by atoms with Crippen molar-refractivity contribution in [1.29, 1.82) is 0 Å². The number of rotatable bonds is 3. The van der Waals surface area contributed by atoms with Gasteiger partial charge in [-0.15, -0.1) is 0 Å². The molecular formula is C17H21BrN2. The molecule has 0 radical (unpaired) electrons. The van der Waals surface area contributed by atoms with E-state index in [1.807, 2.05) is 0 Å². The second-order valence-corrected chi connectivity index (χ2v) is 5.43. The van der Waals surface area contributed by atoms with Crippen molar-refractivity contribution >= 4 is 0 Å². The van der Waals surface area contributed by atoms with Crippen LogP contribution in [0.3, 0.4) is 0 Å². The summed E-state index contributed by atoms with van der Waals surface area (Å²) in [6, 6.07) is 15.7. The van der Waals surface area contributed by atoms with Crippen molar-refractivity contribution in [2.45, 2.75) is 25.4 Å². The van der Waals surface area contributed by atoms with E-state index >= 15 is 0 Å². The molecule has 3 heteroatoms. The molecule has 1 aliphatic rings. The fraction of sp³-hybridized carbons (Fsp3) is 0.353. The van der Waals surface area contributed by atoms with Crippen LogP contribution in [0, 0.1) is 0 Å². The average Bonchev–Trinajstić information content (AvgIpc) is 2.86. The van der Waals surface area contributed by atoms with Gasteiger partial charge in [-0.3, -0.25) is 4.90 Å². The lowest BCUT2D eigenvalue weighted by molar-refractivity contribution is -0.688. The zero-order valence-corrected chi connectivity index (χ0v) is 13.5. The van der Waals surface area contributed by atoms with Crippen LogP contribution in [0.5, 0.6) is 0 Å². The normalized spacial score (nSPS) is 18.8. The molecule has 0 spiro atoms. The van der Waals surface area contributed by atoms with Crippen molar-refractivity contribution in [3.63, 3.8) is 0 Å². The summed E-state index contributed by atoms with van der Waals surface area (Å²) in [6.07, 6.45) is 7.06. The third kappa shape index (κ3) is 3.47. The molecule has 0 aliphatic carbocycles. The van der Waals surface area contributed by atoms with Crippen LogP contribution in [0.2, 0.25) is 0 Å². The van der Waals surface area contributed by atoms with Gasteiger partial charge in [0.25, 0.3) is 0 Å². The summed E-state index contributed by atoms with van der Waals surface area (Å²) in [5.41, 5.74) is 2.79. The molecule has 1 fully saturated rings. The SMILES string of the molecule is CN1CCC[C@H]1c1ccc[n+](Cc2ccccc2)c1.[Br-]. The number of nitrogens with zero attached hydrogens (tertiary/aromatic N) is 2. The summed E-state index contributed by atoms with van der Waals surface area (Å²) in [4.78, 5) is 2.46. The van der Waals surface area contributed by atoms with Crippen molar-refractivity contribution in [3.8, 4) is 0 Å². The molecular weight excluding hydrogens is 312 g/mol. The number of hydrogen-bond donors (Lipinski definition) is 0. The highest BCUT2D eigenvalue weighted by molar-refractivity contribution is 5.15. The molecule has 0 N–H and O–H groups in total. The monoisotopic (exact) mass is 332 g/mol. The van der Waals surface area contributed by atoms with Gasteiger partial charge in [0.15, 0.2) is 18.9 Å². The van der Waals surface area contributed by atoms with E-state index in [4.69, 9.17) is 0 Å². The van der Waals surface area contributed by atoms with E-state index in [1.165, 1.54) is 30.5 Å². The van der Waals surface area contributed by atoms with Gasteiger partial charge in [0, 0.05) is 23.2 Å². The van der Waals surface area contributed by atoms with Crippen LogP contribution in [0.25, 0.3) is 0 Å². The van der Waals surface area contributed by atoms with E-state index in [9.17, 15) is 0 Å². The molecule has 106 valence electrons. The summed E-state index contributed by atoms with van der Waals surface area (Å²) < 4.78 is 2.29. The van der Waals surface area contributed by atoms with Gasteiger partial charge >= 0.3 is 0 Å². The Balaban J connectivity index is 0.00000147. The molecule has 20 heavy (non-hydrogen) atoms. The number of pyridine rings is 1. The predicted octanol–water partition coefficient (Wildman–Crippen LogP) is -0.207. The number of halogens is 1. The lowest BCUT2D eigenvalue weighted by atomic mass is 10.1. The number of aromatic nitrogens is 1. The first kappa shape index (κ1) is 15.2. The van der Waals surface area contributed by atoms with E-state index in [0.717, 1.165) is 6.54 Å². The van der Waals surface area contributed by atoms with Crippen molar-refractivity contribution < 1.29 is 21.5 Å².